The number of aliphatic carboxylic acids is 1. The van der Waals surface area contributed by atoms with E-state index in [0.717, 1.165) is 38.5 Å². The maximum absolute atomic E-state index is 13.0. The quantitative estimate of drug-likeness (QED) is 0.292. The van der Waals surface area contributed by atoms with Gasteiger partial charge in [0.15, 0.2) is 0 Å². The van der Waals surface area contributed by atoms with Gasteiger partial charge in [-0.25, -0.2) is 8.37 Å². The van der Waals surface area contributed by atoms with Crippen LogP contribution in [0.25, 0.3) is 0 Å². The summed E-state index contributed by atoms with van der Waals surface area (Å²) >= 11 is 0. The van der Waals surface area contributed by atoms with E-state index in [4.69, 9.17) is 8.37 Å². The van der Waals surface area contributed by atoms with E-state index in [9.17, 15) is 35.8 Å². The molecule has 0 spiro atoms. The Bertz CT molecular complexity index is 1310. The minimum atomic E-state index is -4.59. The largest absolute Gasteiger partial charge is 0.481 e. The minimum absolute atomic E-state index is 0.0218. The Morgan fingerprint density at radius 3 is 2.07 bits per heavy atom. The summed E-state index contributed by atoms with van der Waals surface area (Å²) in [5, 5.41) is 10.6. The van der Waals surface area contributed by atoms with E-state index in [1.54, 1.807) is 0 Å². The van der Waals surface area contributed by atoms with Crippen molar-refractivity contribution < 1.29 is 44.2 Å². The van der Waals surface area contributed by atoms with Gasteiger partial charge < -0.3 is 5.11 Å². The molecule has 0 aromatic heterocycles. The first-order valence-corrected chi connectivity index (χ1v) is 18.4. The monoisotopic (exact) mass is 634 g/mol. The predicted octanol–water partition coefficient (Wildman–Crippen LogP) is 5.80. The molecule has 42 heavy (non-hydrogen) atoms. The Balaban J connectivity index is 1.49. The third kappa shape index (κ3) is 4.80. The topological polar surface area (TPSA) is 164 Å². The molecule has 0 amide bonds. The summed E-state index contributed by atoms with van der Waals surface area (Å²) in [4.78, 5) is 13.0. The number of carboxylic acid groups (broad SMARTS) is 1. The Morgan fingerprint density at radius 1 is 0.810 bits per heavy atom. The van der Waals surface area contributed by atoms with Crippen LogP contribution in [0.2, 0.25) is 0 Å². The van der Waals surface area contributed by atoms with Gasteiger partial charge in [0.2, 0.25) is 0 Å². The van der Waals surface area contributed by atoms with Gasteiger partial charge in [0.05, 0.1) is 18.1 Å². The summed E-state index contributed by atoms with van der Waals surface area (Å²) in [7, 11) is -9.15. The number of hydrogen-bond acceptors (Lipinski definition) is 7. The first-order valence-electron chi connectivity index (χ1n) is 15.6. The van der Waals surface area contributed by atoms with E-state index >= 15 is 0 Å². The molecule has 11 atom stereocenters. The van der Waals surface area contributed by atoms with Crippen LogP contribution < -0.4 is 0 Å². The second kappa shape index (κ2) is 10.1. The lowest BCUT2D eigenvalue weighted by Gasteiger charge is -2.72. The van der Waals surface area contributed by atoms with Crippen LogP contribution >= 0.6 is 0 Å². The maximum Gasteiger partial charge on any atom is 0.397 e. The van der Waals surface area contributed by atoms with Crippen molar-refractivity contribution in [3.63, 3.8) is 0 Å². The van der Waals surface area contributed by atoms with E-state index in [-0.39, 0.29) is 52.4 Å². The highest BCUT2D eigenvalue weighted by Gasteiger charge is 2.72. The van der Waals surface area contributed by atoms with Crippen molar-refractivity contribution in [1.82, 2.24) is 0 Å². The molecule has 10 nitrogen and oxygen atoms in total. The predicted molar refractivity (Wildman–Crippen MR) is 155 cm³/mol. The minimum Gasteiger partial charge on any atom is -0.481 e. The van der Waals surface area contributed by atoms with Crippen LogP contribution in [0.3, 0.4) is 0 Å². The molecule has 0 heterocycles. The third-order valence-electron chi connectivity index (χ3n) is 14.3. The van der Waals surface area contributed by atoms with Crippen LogP contribution in [0, 0.1) is 62.6 Å². The molecule has 5 aliphatic rings. The van der Waals surface area contributed by atoms with E-state index in [1.807, 2.05) is 6.92 Å². The molecule has 0 aromatic rings. The number of carbonyl (C=O) groups is 1. The lowest BCUT2D eigenvalue weighted by molar-refractivity contribution is -0.248. The average Bonchev–Trinajstić information content (AvgIpc) is 3.25. The highest BCUT2D eigenvalue weighted by atomic mass is 32.3. The first kappa shape index (κ1) is 32.6. The normalized spacial score (nSPS) is 47.4. The van der Waals surface area contributed by atoms with Crippen LogP contribution in [0.4, 0.5) is 0 Å². The molecule has 5 rings (SSSR count). The van der Waals surface area contributed by atoms with Crippen molar-refractivity contribution in [2.75, 3.05) is 6.61 Å². The molecule has 0 radical (unpaired) electrons. The first-order chi connectivity index (χ1) is 19.1. The molecule has 0 saturated heterocycles. The van der Waals surface area contributed by atoms with Crippen LogP contribution in [-0.4, -0.2) is 49.7 Å². The molecule has 0 aromatic carbocycles. The molecular formula is C30H50O10S2. The van der Waals surface area contributed by atoms with Crippen molar-refractivity contribution >= 4 is 26.8 Å². The lowest BCUT2D eigenvalue weighted by atomic mass is 9.32. The molecule has 0 aliphatic heterocycles. The van der Waals surface area contributed by atoms with E-state index in [2.05, 4.69) is 34.6 Å². The van der Waals surface area contributed by atoms with Gasteiger partial charge in [-0.05, 0) is 121 Å². The van der Waals surface area contributed by atoms with Gasteiger partial charge in [0.1, 0.15) is 0 Å². The van der Waals surface area contributed by atoms with Crippen LogP contribution in [-0.2, 0) is 34.0 Å². The second-order valence-electron chi connectivity index (χ2n) is 15.9. The zero-order valence-corrected chi connectivity index (χ0v) is 27.5. The summed E-state index contributed by atoms with van der Waals surface area (Å²) in [5.41, 5.74) is -1.52. The smallest absolute Gasteiger partial charge is 0.397 e. The van der Waals surface area contributed by atoms with Crippen molar-refractivity contribution in [3.05, 3.63) is 0 Å². The fraction of sp³-hybridized carbons (Fsp3) is 0.967. The summed E-state index contributed by atoms with van der Waals surface area (Å²) in [6.45, 7) is 13.1. The number of rotatable bonds is 7. The summed E-state index contributed by atoms with van der Waals surface area (Å²) in [5.74, 6) is -0.355. The maximum atomic E-state index is 13.0. The molecule has 5 unspecified atom stereocenters. The molecule has 242 valence electrons. The van der Waals surface area contributed by atoms with E-state index in [0.29, 0.717) is 31.6 Å². The second-order valence-corrected chi connectivity index (χ2v) is 18.1. The zero-order valence-electron chi connectivity index (χ0n) is 25.8. The highest BCUT2D eigenvalue weighted by Crippen LogP contribution is 2.77. The van der Waals surface area contributed by atoms with E-state index < -0.39 is 43.7 Å². The van der Waals surface area contributed by atoms with Crippen LogP contribution in [0.1, 0.15) is 106 Å². The molecule has 0 bridgehead atoms. The third-order valence-corrected chi connectivity index (χ3v) is 15.2. The van der Waals surface area contributed by atoms with Crippen molar-refractivity contribution in [2.24, 2.45) is 62.6 Å². The highest BCUT2D eigenvalue weighted by molar-refractivity contribution is 7.81. The van der Waals surface area contributed by atoms with Crippen LogP contribution in [0.5, 0.6) is 0 Å². The average molecular weight is 635 g/mol. The van der Waals surface area contributed by atoms with Gasteiger partial charge in [0.25, 0.3) is 0 Å². The Kier molecular flexibility index (Phi) is 7.84. The zero-order chi connectivity index (χ0) is 31.3. The van der Waals surface area contributed by atoms with Gasteiger partial charge >= 0.3 is 26.8 Å². The molecular weight excluding hydrogens is 584 g/mol. The van der Waals surface area contributed by atoms with Gasteiger partial charge in [0, 0.05) is 0 Å². The number of hydrogen-bond donors (Lipinski definition) is 3. The Morgan fingerprint density at radius 2 is 1.48 bits per heavy atom. The summed E-state index contributed by atoms with van der Waals surface area (Å²) in [6, 6.07) is 0. The lowest BCUT2D eigenvalue weighted by Crippen LogP contribution is -2.67. The molecule has 5 fully saturated rings. The van der Waals surface area contributed by atoms with Crippen molar-refractivity contribution in [1.29, 1.82) is 0 Å². The Hall–Kier alpha value is -0.790. The SMILES string of the molecule is CC(COS(=O)(=O)O)[C@@H]1CC[C@]2(C(=O)O)CC[C@]3(C)C(CCC4[C@@]5(C)CC[C@H](OS(=O)(=O)O)C(C)(C)C5CC[C@]43C)C12. The standard InChI is InChI=1S/C30H50O10S2/c1-18(17-39-41(33,34)35)19-9-14-30(25(31)32)16-15-28(5)20(24(19)30)7-8-22-27(4)12-11-23(40-42(36,37)38)26(2,3)21(27)10-13-29(22,28)6/h18-24H,7-17H2,1-6H3,(H,31,32)(H,33,34,35)(H,36,37,38)/t18?,19-,20?,21?,22?,23-,24?,27-,28+,29+,30-/m0/s1. The number of fused-ring (bicyclic) bond motifs is 7. The summed E-state index contributed by atoms with van der Waals surface area (Å²) in [6.07, 6.45) is 7.17. The van der Waals surface area contributed by atoms with Gasteiger partial charge in [-0.1, -0.05) is 41.5 Å². The van der Waals surface area contributed by atoms with Crippen molar-refractivity contribution in [2.45, 2.75) is 112 Å². The fourth-order valence-electron chi connectivity index (χ4n) is 12.3. The van der Waals surface area contributed by atoms with Gasteiger partial charge in [-0.3, -0.25) is 13.9 Å². The van der Waals surface area contributed by atoms with Crippen LogP contribution in [0.15, 0.2) is 0 Å². The fourth-order valence-corrected chi connectivity index (χ4v) is 13.3. The Labute approximate surface area is 251 Å². The van der Waals surface area contributed by atoms with Crippen molar-refractivity contribution in [3.8, 4) is 0 Å². The molecule has 3 N–H and O–H groups in total. The molecule has 5 aliphatic carbocycles. The van der Waals surface area contributed by atoms with Gasteiger partial charge in [-0.15, -0.1) is 0 Å². The van der Waals surface area contributed by atoms with E-state index in [1.165, 1.54) is 0 Å². The molecule has 12 heteroatoms. The summed E-state index contributed by atoms with van der Waals surface area (Å²) < 4.78 is 74.8. The number of carboxylic acids is 1. The molecule has 5 saturated carbocycles. The van der Waals surface area contributed by atoms with Gasteiger partial charge in [-0.2, -0.15) is 16.8 Å².